The van der Waals surface area contributed by atoms with Gasteiger partial charge in [0.05, 0.1) is 30.3 Å². The topological polar surface area (TPSA) is 92.0 Å². The number of likely N-dealkylation sites (tertiary alicyclic amines) is 1. The Morgan fingerprint density at radius 2 is 1.85 bits per heavy atom. The van der Waals surface area contributed by atoms with E-state index in [0.717, 1.165) is 10.5 Å². The number of alkyl halides is 2. The minimum atomic E-state index is -2.98. The van der Waals surface area contributed by atoms with E-state index >= 15 is 0 Å². The maximum absolute atomic E-state index is 13.4. The standard InChI is InChI=1S/C24H23F2N3O4/c1-13-6-4-5-7-17(13)19(31)8-16(10-30)20-18(23(33)28-11-24(25,26)12-28)9-29-15(3)14(2)27-22(29)21(20)32/h4-7,9-10,16,32H,8,11-12H2,1-3H3. The molecular weight excluding hydrogens is 432 g/mol. The number of amides is 1. The van der Waals surface area contributed by atoms with Crippen LogP contribution in [0.4, 0.5) is 8.78 Å². The fraction of sp³-hybridized carbons (Fsp3) is 0.333. The summed E-state index contributed by atoms with van der Waals surface area (Å²) >= 11 is 0. The summed E-state index contributed by atoms with van der Waals surface area (Å²) in [6.07, 6.45) is 1.59. The Hall–Kier alpha value is -3.62. The lowest BCUT2D eigenvalue weighted by Crippen LogP contribution is -2.58. The zero-order valence-electron chi connectivity index (χ0n) is 18.4. The van der Waals surface area contributed by atoms with Gasteiger partial charge in [0.15, 0.2) is 17.2 Å². The van der Waals surface area contributed by atoms with Crippen LogP contribution in [-0.2, 0) is 4.79 Å². The lowest BCUT2D eigenvalue weighted by atomic mass is 9.88. The van der Waals surface area contributed by atoms with Crippen LogP contribution in [0.1, 0.15) is 55.6 Å². The van der Waals surface area contributed by atoms with Crippen molar-refractivity contribution in [2.24, 2.45) is 0 Å². The van der Waals surface area contributed by atoms with Crippen LogP contribution in [0.2, 0.25) is 0 Å². The highest BCUT2D eigenvalue weighted by atomic mass is 19.3. The van der Waals surface area contributed by atoms with E-state index in [-0.39, 0.29) is 29.0 Å². The van der Waals surface area contributed by atoms with Gasteiger partial charge in [-0.05, 0) is 26.3 Å². The van der Waals surface area contributed by atoms with Gasteiger partial charge in [0.1, 0.15) is 6.29 Å². The van der Waals surface area contributed by atoms with Crippen molar-refractivity contribution in [1.82, 2.24) is 14.3 Å². The third kappa shape index (κ3) is 3.88. The zero-order chi connectivity index (χ0) is 24.1. The third-order valence-corrected chi connectivity index (χ3v) is 6.15. The number of fused-ring (bicyclic) bond motifs is 1. The number of imidazole rings is 1. The van der Waals surface area contributed by atoms with Crippen LogP contribution in [0.3, 0.4) is 0 Å². The van der Waals surface area contributed by atoms with Gasteiger partial charge in [-0.3, -0.25) is 9.59 Å². The molecule has 0 aliphatic carbocycles. The van der Waals surface area contributed by atoms with Gasteiger partial charge < -0.3 is 19.2 Å². The van der Waals surface area contributed by atoms with E-state index < -0.39 is 36.6 Å². The van der Waals surface area contributed by atoms with Crippen LogP contribution >= 0.6 is 0 Å². The monoisotopic (exact) mass is 455 g/mol. The van der Waals surface area contributed by atoms with Gasteiger partial charge in [0.2, 0.25) is 0 Å². The normalized spacial score (nSPS) is 15.8. The summed E-state index contributed by atoms with van der Waals surface area (Å²) in [5.41, 5.74) is 2.33. The first-order chi connectivity index (χ1) is 15.5. The third-order valence-electron chi connectivity index (χ3n) is 6.15. The number of aryl methyl sites for hydroxylation is 3. The van der Waals surface area contributed by atoms with E-state index in [2.05, 4.69) is 4.98 Å². The fourth-order valence-electron chi connectivity index (χ4n) is 4.18. The highest BCUT2D eigenvalue weighted by molar-refractivity contribution is 6.02. The number of carbonyl (C=O) groups excluding carboxylic acids is 3. The molecule has 9 heteroatoms. The molecule has 7 nitrogen and oxygen atoms in total. The van der Waals surface area contributed by atoms with E-state index in [4.69, 9.17) is 0 Å². The molecule has 0 saturated carbocycles. The molecule has 0 spiro atoms. The van der Waals surface area contributed by atoms with Crippen molar-refractivity contribution in [3.63, 3.8) is 0 Å². The first-order valence-corrected chi connectivity index (χ1v) is 10.5. The van der Waals surface area contributed by atoms with Gasteiger partial charge in [-0.25, -0.2) is 13.8 Å². The number of halogens is 2. The molecule has 3 aromatic rings. The first-order valence-electron chi connectivity index (χ1n) is 10.5. The summed E-state index contributed by atoms with van der Waals surface area (Å²) in [6, 6.07) is 6.89. The molecule has 0 bridgehead atoms. The predicted octanol–water partition coefficient (Wildman–Crippen LogP) is 3.61. The van der Waals surface area contributed by atoms with Crippen molar-refractivity contribution in [3.8, 4) is 5.75 Å². The summed E-state index contributed by atoms with van der Waals surface area (Å²) < 4.78 is 28.3. The minimum absolute atomic E-state index is 0.0790. The van der Waals surface area contributed by atoms with Crippen LogP contribution in [0.25, 0.3) is 5.65 Å². The van der Waals surface area contributed by atoms with Crippen LogP contribution in [0, 0.1) is 20.8 Å². The largest absolute Gasteiger partial charge is 0.504 e. The summed E-state index contributed by atoms with van der Waals surface area (Å²) in [6.45, 7) is 3.72. The second-order valence-electron chi connectivity index (χ2n) is 8.48. The Morgan fingerprint density at radius 1 is 1.18 bits per heavy atom. The SMILES string of the molecule is Cc1ccccc1C(=O)CC(C=O)c1c(C(=O)N2CC(F)(F)C2)cn2c(C)c(C)nc2c1O. The molecule has 1 aromatic carbocycles. The molecule has 0 radical (unpaired) electrons. The van der Waals surface area contributed by atoms with Crippen molar-refractivity contribution in [1.29, 1.82) is 0 Å². The van der Waals surface area contributed by atoms with Crippen LogP contribution in [0.15, 0.2) is 30.5 Å². The number of nitrogens with zero attached hydrogens (tertiary/aromatic N) is 3. The van der Waals surface area contributed by atoms with E-state index in [9.17, 15) is 28.3 Å². The molecule has 4 rings (SSSR count). The summed E-state index contributed by atoms with van der Waals surface area (Å²) in [5.74, 6) is -5.64. The Kier molecular flexibility index (Phi) is 5.51. The second kappa shape index (κ2) is 8.06. The second-order valence-corrected chi connectivity index (χ2v) is 8.48. The first kappa shape index (κ1) is 22.6. The van der Waals surface area contributed by atoms with Crippen molar-refractivity contribution in [3.05, 3.63) is 64.1 Å². The lowest BCUT2D eigenvalue weighted by molar-refractivity contribution is -0.113. The molecule has 1 aliphatic heterocycles. The number of Topliss-reactive ketones (excluding diaryl/α,β-unsaturated/α-hetero) is 1. The van der Waals surface area contributed by atoms with Crippen molar-refractivity contribution in [2.45, 2.75) is 39.0 Å². The number of carbonyl (C=O) groups is 3. The number of rotatable bonds is 6. The van der Waals surface area contributed by atoms with Crippen LogP contribution < -0.4 is 0 Å². The quantitative estimate of drug-likeness (QED) is 0.453. The number of benzene rings is 1. The predicted molar refractivity (Wildman–Crippen MR) is 116 cm³/mol. The highest BCUT2D eigenvalue weighted by Crippen LogP contribution is 2.38. The van der Waals surface area contributed by atoms with Gasteiger partial charge in [-0.15, -0.1) is 0 Å². The van der Waals surface area contributed by atoms with Gasteiger partial charge in [-0.2, -0.15) is 0 Å². The summed E-state index contributed by atoms with van der Waals surface area (Å²) in [7, 11) is 0. The van der Waals surface area contributed by atoms with Crippen molar-refractivity contribution >= 4 is 23.6 Å². The Morgan fingerprint density at radius 3 is 2.45 bits per heavy atom. The molecule has 172 valence electrons. The van der Waals surface area contributed by atoms with E-state index in [1.807, 2.05) is 0 Å². The minimum Gasteiger partial charge on any atom is -0.504 e. The maximum Gasteiger partial charge on any atom is 0.282 e. The fourth-order valence-corrected chi connectivity index (χ4v) is 4.18. The Labute approximate surface area is 188 Å². The summed E-state index contributed by atoms with van der Waals surface area (Å²) in [5, 5.41) is 11.1. The molecule has 1 aliphatic rings. The van der Waals surface area contributed by atoms with Gasteiger partial charge in [0.25, 0.3) is 11.8 Å². The van der Waals surface area contributed by atoms with E-state index in [1.54, 1.807) is 45.0 Å². The molecule has 33 heavy (non-hydrogen) atoms. The van der Waals surface area contributed by atoms with Crippen molar-refractivity contribution in [2.75, 3.05) is 13.1 Å². The van der Waals surface area contributed by atoms with Gasteiger partial charge in [-0.1, -0.05) is 24.3 Å². The molecule has 3 heterocycles. The van der Waals surface area contributed by atoms with Crippen molar-refractivity contribution < 1.29 is 28.3 Å². The van der Waals surface area contributed by atoms with Gasteiger partial charge >= 0.3 is 0 Å². The average Bonchev–Trinajstić information content (AvgIpc) is 3.04. The Balaban J connectivity index is 1.82. The maximum atomic E-state index is 13.4. The number of aromatic nitrogens is 2. The number of hydrogen-bond acceptors (Lipinski definition) is 5. The average molecular weight is 455 g/mol. The molecule has 1 atom stereocenters. The highest BCUT2D eigenvalue weighted by Gasteiger charge is 2.47. The van der Waals surface area contributed by atoms with Crippen LogP contribution in [0.5, 0.6) is 5.75 Å². The smallest absolute Gasteiger partial charge is 0.282 e. The van der Waals surface area contributed by atoms with Gasteiger partial charge in [0, 0.05) is 29.4 Å². The Bertz CT molecular complexity index is 1290. The number of hydrogen-bond donors (Lipinski definition) is 1. The molecule has 1 unspecified atom stereocenters. The molecule has 1 amide bonds. The molecular formula is C24H23F2N3O4. The number of ketones is 1. The van der Waals surface area contributed by atoms with E-state index in [0.29, 0.717) is 23.2 Å². The number of pyridine rings is 1. The zero-order valence-corrected chi connectivity index (χ0v) is 18.4. The number of aromatic hydroxyl groups is 1. The van der Waals surface area contributed by atoms with Crippen LogP contribution in [-0.4, -0.2) is 56.4 Å². The number of aldehydes is 1. The summed E-state index contributed by atoms with van der Waals surface area (Å²) in [4.78, 5) is 43.5. The molecule has 1 N–H and O–H groups in total. The molecule has 1 saturated heterocycles. The molecule has 2 aromatic heterocycles. The molecule has 1 fully saturated rings. The van der Waals surface area contributed by atoms with E-state index in [1.165, 1.54) is 10.6 Å². The lowest BCUT2D eigenvalue weighted by Gasteiger charge is -2.39.